The van der Waals surface area contributed by atoms with Crippen molar-refractivity contribution < 1.29 is 9.53 Å². The number of hydrogen-bond donors (Lipinski definition) is 2. The number of rotatable bonds is 7. The highest BCUT2D eigenvalue weighted by molar-refractivity contribution is 5.85. The summed E-state index contributed by atoms with van der Waals surface area (Å²) in [5.74, 6) is 0.953. The zero-order valence-corrected chi connectivity index (χ0v) is 14.8. The molecule has 0 aliphatic heterocycles. The van der Waals surface area contributed by atoms with E-state index in [1.165, 1.54) is 19.3 Å². The summed E-state index contributed by atoms with van der Waals surface area (Å²) in [5, 5.41) is 3.02. The lowest BCUT2D eigenvalue weighted by Crippen LogP contribution is -2.38. The monoisotopic (exact) mass is 340 g/mol. The van der Waals surface area contributed by atoms with E-state index in [9.17, 15) is 4.79 Å². The molecule has 1 aromatic rings. The maximum atomic E-state index is 12.3. The van der Waals surface area contributed by atoms with E-state index in [4.69, 9.17) is 10.5 Å². The van der Waals surface area contributed by atoms with Crippen LogP contribution in [0.3, 0.4) is 0 Å². The molecule has 0 atom stereocenters. The predicted octanol–water partition coefficient (Wildman–Crippen LogP) is 3.42. The molecule has 1 saturated carbocycles. The van der Waals surface area contributed by atoms with Crippen molar-refractivity contribution in [3.05, 3.63) is 29.8 Å². The Hall–Kier alpha value is -1.26. The zero-order chi connectivity index (χ0) is 15.8. The van der Waals surface area contributed by atoms with Gasteiger partial charge in [-0.2, -0.15) is 0 Å². The lowest BCUT2D eigenvalue weighted by Gasteiger charge is -2.35. The van der Waals surface area contributed by atoms with E-state index in [1.807, 2.05) is 31.2 Å². The van der Waals surface area contributed by atoms with Gasteiger partial charge in [-0.05, 0) is 49.4 Å². The number of ether oxygens (including phenoxy) is 1. The Balaban J connectivity index is 0.00000264. The summed E-state index contributed by atoms with van der Waals surface area (Å²) < 4.78 is 5.48. The third-order valence-electron chi connectivity index (χ3n) is 4.58. The van der Waals surface area contributed by atoms with Crippen LogP contribution in [-0.4, -0.2) is 19.1 Å². The molecule has 1 aromatic carbocycles. The second-order valence-corrected chi connectivity index (χ2v) is 6.30. The number of nitrogens with two attached hydrogens (primary N) is 1. The number of amides is 1. The summed E-state index contributed by atoms with van der Waals surface area (Å²) in [7, 11) is 0. The van der Waals surface area contributed by atoms with Gasteiger partial charge < -0.3 is 15.8 Å². The molecule has 4 nitrogen and oxygen atoms in total. The highest BCUT2D eigenvalue weighted by atomic mass is 35.5. The Bertz CT molecular complexity index is 488. The molecular formula is C18H29ClN2O2. The van der Waals surface area contributed by atoms with Crippen molar-refractivity contribution in [2.75, 3.05) is 13.2 Å². The standard InChI is InChI=1S/C18H28N2O2.ClH/c1-2-22-16-8-6-7-15(11-16)13-20-17(21)12-18(14-19)9-4-3-5-10-18;/h6-8,11H,2-5,9-10,12-14,19H2,1H3,(H,20,21);1H. The molecule has 0 bridgehead atoms. The van der Waals surface area contributed by atoms with Gasteiger partial charge in [0.1, 0.15) is 5.75 Å². The summed E-state index contributed by atoms with van der Waals surface area (Å²) in [4.78, 5) is 12.3. The van der Waals surface area contributed by atoms with E-state index in [0.29, 0.717) is 26.1 Å². The maximum absolute atomic E-state index is 12.3. The van der Waals surface area contributed by atoms with Crippen molar-refractivity contribution in [2.45, 2.75) is 52.0 Å². The number of hydrogen-bond acceptors (Lipinski definition) is 3. The first-order valence-corrected chi connectivity index (χ1v) is 8.36. The molecule has 1 aliphatic carbocycles. The first-order valence-electron chi connectivity index (χ1n) is 8.36. The van der Waals surface area contributed by atoms with Crippen molar-refractivity contribution >= 4 is 18.3 Å². The molecule has 0 spiro atoms. The molecular weight excluding hydrogens is 312 g/mol. The van der Waals surface area contributed by atoms with E-state index >= 15 is 0 Å². The highest BCUT2D eigenvalue weighted by Gasteiger charge is 2.32. The van der Waals surface area contributed by atoms with Crippen molar-refractivity contribution in [3.63, 3.8) is 0 Å². The Morgan fingerprint density at radius 1 is 1.30 bits per heavy atom. The summed E-state index contributed by atoms with van der Waals surface area (Å²) in [6.45, 7) is 3.76. The fourth-order valence-electron chi connectivity index (χ4n) is 3.27. The van der Waals surface area contributed by atoms with Gasteiger partial charge in [0.25, 0.3) is 0 Å². The Morgan fingerprint density at radius 2 is 2.04 bits per heavy atom. The number of carbonyl (C=O) groups is 1. The van der Waals surface area contributed by atoms with Crippen LogP contribution >= 0.6 is 12.4 Å². The average Bonchev–Trinajstić information content (AvgIpc) is 2.54. The third-order valence-corrected chi connectivity index (χ3v) is 4.58. The third kappa shape index (κ3) is 6.04. The van der Waals surface area contributed by atoms with Gasteiger partial charge in [0.05, 0.1) is 6.61 Å². The van der Waals surface area contributed by atoms with Gasteiger partial charge in [-0.25, -0.2) is 0 Å². The quantitative estimate of drug-likeness (QED) is 0.799. The molecule has 0 unspecified atom stereocenters. The first-order chi connectivity index (χ1) is 10.7. The molecule has 1 fully saturated rings. The van der Waals surface area contributed by atoms with Crippen LogP contribution < -0.4 is 15.8 Å². The maximum Gasteiger partial charge on any atom is 0.220 e. The van der Waals surface area contributed by atoms with Gasteiger partial charge in [-0.1, -0.05) is 31.4 Å². The summed E-state index contributed by atoms with van der Waals surface area (Å²) >= 11 is 0. The second-order valence-electron chi connectivity index (χ2n) is 6.30. The molecule has 0 saturated heterocycles. The minimum atomic E-state index is 0. The lowest BCUT2D eigenvalue weighted by atomic mass is 9.71. The molecule has 0 aromatic heterocycles. The van der Waals surface area contributed by atoms with Gasteiger partial charge in [-0.15, -0.1) is 12.4 Å². The zero-order valence-electron chi connectivity index (χ0n) is 14.0. The number of halogens is 1. The van der Waals surface area contributed by atoms with Crippen molar-refractivity contribution in [1.82, 2.24) is 5.32 Å². The van der Waals surface area contributed by atoms with Gasteiger partial charge in [-0.3, -0.25) is 4.79 Å². The summed E-state index contributed by atoms with van der Waals surface area (Å²) in [6.07, 6.45) is 6.37. The molecule has 1 aliphatic rings. The molecule has 1 amide bonds. The number of carbonyl (C=O) groups excluding carboxylic acids is 1. The molecule has 3 N–H and O–H groups in total. The minimum Gasteiger partial charge on any atom is -0.494 e. The number of nitrogens with one attached hydrogen (secondary N) is 1. The predicted molar refractivity (Wildman–Crippen MR) is 95.9 cm³/mol. The minimum absolute atomic E-state index is 0. The molecule has 0 radical (unpaired) electrons. The normalized spacial score (nSPS) is 16.3. The molecule has 0 heterocycles. The lowest BCUT2D eigenvalue weighted by molar-refractivity contribution is -0.124. The van der Waals surface area contributed by atoms with Crippen molar-refractivity contribution in [3.8, 4) is 5.75 Å². The van der Waals surface area contributed by atoms with Crippen molar-refractivity contribution in [2.24, 2.45) is 11.1 Å². The largest absolute Gasteiger partial charge is 0.494 e. The fraction of sp³-hybridized carbons (Fsp3) is 0.611. The van der Waals surface area contributed by atoms with Gasteiger partial charge in [0, 0.05) is 13.0 Å². The van der Waals surface area contributed by atoms with Gasteiger partial charge in [0.2, 0.25) is 5.91 Å². The second kappa shape index (κ2) is 9.78. The van der Waals surface area contributed by atoms with Crippen LogP contribution in [0.15, 0.2) is 24.3 Å². The topological polar surface area (TPSA) is 64.3 Å². The Labute approximate surface area is 145 Å². The average molecular weight is 341 g/mol. The molecule has 2 rings (SSSR count). The smallest absolute Gasteiger partial charge is 0.220 e. The molecule has 5 heteroatoms. The van der Waals surface area contributed by atoms with Crippen LogP contribution in [0, 0.1) is 5.41 Å². The van der Waals surface area contributed by atoms with Crippen LogP contribution in [0.1, 0.15) is 51.0 Å². The van der Waals surface area contributed by atoms with Gasteiger partial charge >= 0.3 is 0 Å². The van der Waals surface area contributed by atoms with E-state index in [2.05, 4.69) is 5.32 Å². The van der Waals surface area contributed by atoms with E-state index in [0.717, 1.165) is 24.2 Å². The van der Waals surface area contributed by atoms with Crippen LogP contribution in [0.2, 0.25) is 0 Å². The van der Waals surface area contributed by atoms with E-state index in [-0.39, 0.29) is 23.7 Å². The fourth-order valence-corrected chi connectivity index (χ4v) is 3.27. The Kier molecular flexibility index (Phi) is 8.42. The van der Waals surface area contributed by atoms with Crippen LogP contribution in [0.4, 0.5) is 0 Å². The van der Waals surface area contributed by atoms with E-state index < -0.39 is 0 Å². The SMILES string of the molecule is CCOc1cccc(CNC(=O)CC2(CN)CCCCC2)c1.Cl. The number of benzene rings is 1. The highest BCUT2D eigenvalue weighted by Crippen LogP contribution is 2.38. The van der Waals surface area contributed by atoms with Crippen molar-refractivity contribution in [1.29, 1.82) is 0 Å². The van der Waals surface area contributed by atoms with Gasteiger partial charge in [0.15, 0.2) is 0 Å². The summed E-state index contributed by atoms with van der Waals surface area (Å²) in [6, 6.07) is 7.86. The summed E-state index contributed by atoms with van der Waals surface area (Å²) in [5.41, 5.74) is 7.03. The first kappa shape index (κ1) is 19.8. The van der Waals surface area contributed by atoms with Crippen LogP contribution in [-0.2, 0) is 11.3 Å². The van der Waals surface area contributed by atoms with E-state index in [1.54, 1.807) is 0 Å². The van der Waals surface area contributed by atoms with Crippen LogP contribution in [0.25, 0.3) is 0 Å². The molecule has 23 heavy (non-hydrogen) atoms. The Morgan fingerprint density at radius 3 is 2.70 bits per heavy atom. The van der Waals surface area contributed by atoms with Crippen LogP contribution in [0.5, 0.6) is 5.75 Å². The molecule has 130 valence electrons.